The molecule has 0 aromatic heterocycles. The standard InChI is InChI=1S/C16H27N3O4/c1-3-10(2)13(17)15(21)18-8-4-6-11(18)14(20)19-9-5-7-12(19)16(22)23/h10-13H,3-9,17H2,1-2H3,(H,22,23)/t10-,11+,12-,13-/m0/s1. The summed E-state index contributed by atoms with van der Waals surface area (Å²) in [5.41, 5.74) is 6.03. The molecule has 2 fully saturated rings. The van der Waals surface area contributed by atoms with Crippen LogP contribution in [0.15, 0.2) is 0 Å². The maximum absolute atomic E-state index is 12.8. The van der Waals surface area contributed by atoms with Crippen LogP contribution in [0.25, 0.3) is 0 Å². The average Bonchev–Trinajstić information content (AvgIpc) is 3.20. The minimum Gasteiger partial charge on any atom is -0.480 e. The lowest BCUT2D eigenvalue weighted by Crippen LogP contribution is -2.55. The Hall–Kier alpha value is -1.63. The fourth-order valence-electron chi connectivity index (χ4n) is 3.45. The summed E-state index contributed by atoms with van der Waals surface area (Å²) in [6.07, 6.45) is 3.30. The third-order valence-corrected chi connectivity index (χ3v) is 5.18. The van der Waals surface area contributed by atoms with Gasteiger partial charge in [0.25, 0.3) is 0 Å². The number of carboxylic acid groups (broad SMARTS) is 1. The van der Waals surface area contributed by atoms with Crippen molar-refractivity contribution < 1.29 is 19.5 Å². The normalized spacial score (nSPS) is 27.1. The highest BCUT2D eigenvalue weighted by atomic mass is 16.4. The van der Waals surface area contributed by atoms with Gasteiger partial charge in [-0.05, 0) is 31.6 Å². The van der Waals surface area contributed by atoms with E-state index in [1.54, 1.807) is 4.90 Å². The molecule has 2 saturated heterocycles. The molecule has 2 rings (SSSR count). The van der Waals surface area contributed by atoms with Gasteiger partial charge in [-0.1, -0.05) is 20.3 Å². The Morgan fingerprint density at radius 1 is 1.13 bits per heavy atom. The Morgan fingerprint density at radius 2 is 1.70 bits per heavy atom. The van der Waals surface area contributed by atoms with Crippen molar-refractivity contribution in [2.45, 2.75) is 64.1 Å². The highest BCUT2D eigenvalue weighted by Crippen LogP contribution is 2.26. The van der Waals surface area contributed by atoms with Gasteiger partial charge in [0.15, 0.2) is 0 Å². The Morgan fingerprint density at radius 3 is 2.26 bits per heavy atom. The molecule has 23 heavy (non-hydrogen) atoms. The fourth-order valence-corrected chi connectivity index (χ4v) is 3.45. The molecule has 2 aliphatic rings. The van der Waals surface area contributed by atoms with Gasteiger partial charge in [-0.25, -0.2) is 4.79 Å². The molecule has 0 spiro atoms. The lowest BCUT2D eigenvalue weighted by molar-refractivity contribution is -0.152. The second kappa shape index (κ2) is 7.29. The van der Waals surface area contributed by atoms with Crippen molar-refractivity contribution in [3.8, 4) is 0 Å². The van der Waals surface area contributed by atoms with Gasteiger partial charge in [-0.15, -0.1) is 0 Å². The zero-order valence-corrected chi connectivity index (χ0v) is 13.9. The zero-order valence-electron chi connectivity index (χ0n) is 13.9. The predicted octanol–water partition coefficient (Wildman–Crippen LogP) is 0.426. The lowest BCUT2D eigenvalue weighted by atomic mass is 9.98. The minimum atomic E-state index is -0.969. The van der Waals surface area contributed by atoms with Gasteiger partial charge in [-0.3, -0.25) is 9.59 Å². The predicted molar refractivity (Wildman–Crippen MR) is 84.5 cm³/mol. The van der Waals surface area contributed by atoms with Crippen LogP contribution >= 0.6 is 0 Å². The van der Waals surface area contributed by atoms with E-state index in [0.717, 1.165) is 12.8 Å². The monoisotopic (exact) mass is 325 g/mol. The van der Waals surface area contributed by atoms with Crippen LogP contribution in [0, 0.1) is 5.92 Å². The largest absolute Gasteiger partial charge is 0.480 e. The average molecular weight is 325 g/mol. The lowest BCUT2D eigenvalue weighted by Gasteiger charge is -2.32. The number of hydrogen-bond donors (Lipinski definition) is 2. The van der Waals surface area contributed by atoms with E-state index in [1.807, 2.05) is 13.8 Å². The molecule has 7 nitrogen and oxygen atoms in total. The Balaban J connectivity index is 2.10. The summed E-state index contributed by atoms with van der Waals surface area (Å²) >= 11 is 0. The fraction of sp³-hybridized carbons (Fsp3) is 0.812. The molecule has 0 unspecified atom stereocenters. The van der Waals surface area contributed by atoms with Crippen LogP contribution in [-0.4, -0.2) is 63.9 Å². The molecule has 4 atom stereocenters. The topological polar surface area (TPSA) is 104 Å². The number of amides is 2. The number of aliphatic carboxylic acids is 1. The van der Waals surface area contributed by atoms with Crippen molar-refractivity contribution in [3.05, 3.63) is 0 Å². The molecule has 2 amide bonds. The SMILES string of the molecule is CC[C@H](C)[C@H](N)C(=O)N1CCC[C@@H]1C(=O)N1CCC[C@H]1C(=O)O. The van der Waals surface area contributed by atoms with Crippen molar-refractivity contribution in [1.82, 2.24) is 9.80 Å². The van der Waals surface area contributed by atoms with E-state index in [1.165, 1.54) is 4.90 Å². The highest BCUT2D eigenvalue weighted by molar-refractivity contribution is 5.92. The van der Waals surface area contributed by atoms with E-state index in [2.05, 4.69) is 0 Å². The molecular formula is C16H27N3O4. The number of rotatable bonds is 5. The molecule has 0 aromatic rings. The number of likely N-dealkylation sites (tertiary alicyclic amines) is 2. The van der Waals surface area contributed by atoms with Gasteiger partial charge in [-0.2, -0.15) is 0 Å². The summed E-state index contributed by atoms with van der Waals surface area (Å²) in [6, 6.07) is -1.93. The van der Waals surface area contributed by atoms with Crippen molar-refractivity contribution in [1.29, 1.82) is 0 Å². The van der Waals surface area contributed by atoms with Gasteiger partial charge >= 0.3 is 5.97 Å². The second-order valence-corrected chi connectivity index (χ2v) is 6.63. The molecular weight excluding hydrogens is 298 g/mol. The number of carbonyl (C=O) groups is 3. The van der Waals surface area contributed by atoms with Crippen LogP contribution in [0.1, 0.15) is 46.0 Å². The first kappa shape index (κ1) is 17.7. The number of nitrogens with two attached hydrogens (primary N) is 1. The summed E-state index contributed by atoms with van der Waals surface area (Å²) in [5, 5.41) is 9.25. The van der Waals surface area contributed by atoms with Crippen LogP contribution in [0.5, 0.6) is 0 Å². The van der Waals surface area contributed by atoms with Gasteiger partial charge in [0.2, 0.25) is 11.8 Å². The van der Waals surface area contributed by atoms with Crippen LogP contribution < -0.4 is 5.73 Å². The van der Waals surface area contributed by atoms with E-state index in [4.69, 9.17) is 5.73 Å². The summed E-state index contributed by atoms with van der Waals surface area (Å²) < 4.78 is 0. The van der Waals surface area contributed by atoms with Gasteiger partial charge in [0.1, 0.15) is 12.1 Å². The van der Waals surface area contributed by atoms with E-state index in [9.17, 15) is 19.5 Å². The van der Waals surface area contributed by atoms with Gasteiger partial charge in [0.05, 0.1) is 6.04 Å². The van der Waals surface area contributed by atoms with Crippen molar-refractivity contribution >= 4 is 17.8 Å². The number of nitrogens with zero attached hydrogens (tertiary/aromatic N) is 2. The Bertz CT molecular complexity index is 482. The summed E-state index contributed by atoms with van der Waals surface area (Å²) in [5.74, 6) is -1.35. The summed E-state index contributed by atoms with van der Waals surface area (Å²) in [4.78, 5) is 39.7. The van der Waals surface area contributed by atoms with E-state index in [0.29, 0.717) is 32.4 Å². The second-order valence-electron chi connectivity index (χ2n) is 6.63. The van der Waals surface area contributed by atoms with Crippen molar-refractivity contribution in [2.75, 3.05) is 13.1 Å². The molecule has 2 heterocycles. The first-order valence-electron chi connectivity index (χ1n) is 8.47. The molecule has 2 aliphatic heterocycles. The molecule has 130 valence electrons. The van der Waals surface area contributed by atoms with E-state index >= 15 is 0 Å². The van der Waals surface area contributed by atoms with Gasteiger partial charge in [0, 0.05) is 13.1 Å². The Labute approximate surface area is 136 Å². The molecule has 7 heteroatoms. The van der Waals surface area contributed by atoms with Crippen LogP contribution in [0.4, 0.5) is 0 Å². The van der Waals surface area contributed by atoms with Crippen molar-refractivity contribution in [3.63, 3.8) is 0 Å². The molecule has 0 bridgehead atoms. The number of carbonyl (C=O) groups excluding carboxylic acids is 2. The quantitative estimate of drug-likeness (QED) is 0.762. The molecule has 0 aromatic carbocycles. The zero-order chi connectivity index (χ0) is 17.1. The smallest absolute Gasteiger partial charge is 0.326 e. The van der Waals surface area contributed by atoms with Gasteiger partial charge < -0.3 is 20.6 Å². The summed E-state index contributed by atoms with van der Waals surface area (Å²) in [7, 11) is 0. The molecule has 0 aliphatic carbocycles. The van der Waals surface area contributed by atoms with Crippen molar-refractivity contribution in [2.24, 2.45) is 11.7 Å². The summed E-state index contributed by atoms with van der Waals surface area (Å²) in [6.45, 7) is 4.87. The third kappa shape index (κ3) is 3.49. The number of carboxylic acids is 1. The first-order valence-corrected chi connectivity index (χ1v) is 8.47. The van der Waals surface area contributed by atoms with Crippen LogP contribution in [0.3, 0.4) is 0 Å². The third-order valence-electron chi connectivity index (χ3n) is 5.18. The minimum absolute atomic E-state index is 0.0532. The Kier molecular flexibility index (Phi) is 5.62. The molecule has 0 saturated carbocycles. The highest BCUT2D eigenvalue weighted by Gasteiger charge is 2.43. The molecule has 0 radical (unpaired) electrons. The number of hydrogen-bond acceptors (Lipinski definition) is 4. The maximum Gasteiger partial charge on any atom is 0.326 e. The van der Waals surface area contributed by atoms with Crippen LogP contribution in [-0.2, 0) is 14.4 Å². The van der Waals surface area contributed by atoms with Crippen LogP contribution in [0.2, 0.25) is 0 Å². The first-order chi connectivity index (χ1) is 10.9. The van der Waals surface area contributed by atoms with E-state index in [-0.39, 0.29) is 17.7 Å². The maximum atomic E-state index is 12.8. The molecule has 3 N–H and O–H groups in total. The van der Waals surface area contributed by atoms with E-state index < -0.39 is 24.1 Å².